The number of ether oxygens (including phenoxy) is 2. The van der Waals surface area contributed by atoms with Gasteiger partial charge in [0.1, 0.15) is 0 Å². The second-order valence-corrected chi connectivity index (χ2v) is 6.84. The molecule has 0 atom stereocenters. The van der Waals surface area contributed by atoms with Crippen molar-refractivity contribution in [3.63, 3.8) is 0 Å². The average Bonchev–Trinajstić information content (AvgIpc) is 3.10. The molecule has 1 heterocycles. The van der Waals surface area contributed by atoms with Gasteiger partial charge in [-0.15, -0.1) is 11.3 Å². The molecule has 7 heteroatoms. The zero-order valence-electron chi connectivity index (χ0n) is 16.1. The molecule has 0 aliphatic heterocycles. The summed E-state index contributed by atoms with van der Waals surface area (Å²) in [5, 5.41) is 9.78. The molecule has 0 aliphatic rings. The second-order valence-electron chi connectivity index (χ2n) is 5.95. The molecule has 26 heavy (non-hydrogen) atoms. The zero-order valence-corrected chi connectivity index (χ0v) is 16.9. The first kappa shape index (κ1) is 20.0. The molecular weight excluding hydrogens is 348 g/mol. The molecule has 0 saturated heterocycles. The first-order chi connectivity index (χ1) is 12.6. The van der Waals surface area contributed by atoms with Crippen LogP contribution in [0.5, 0.6) is 11.5 Å². The van der Waals surface area contributed by atoms with Crippen LogP contribution in [-0.4, -0.2) is 31.2 Å². The average molecular weight is 377 g/mol. The lowest BCUT2D eigenvalue weighted by molar-refractivity contribution is 0.311. The van der Waals surface area contributed by atoms with Crippen LogP contribution in [0.25, 0.3) is 0 Å². The first-order valence-corrected chi connectivity index (χ1v) is 9.75. The van der Waals surface area contributed by atoms with Gasteiger partial charge < -0.3 is 20.1 Å². The quantitative estimate of drug-likeness (QED) is 0.532. The van der Waals surface area contributed by atoms with Gasteiger partial charge in [0, 0.05) is 29.6 Å². The minimum atomic E-state index is 0.445. The lowest BCUT2D eigenvalue weighted by atomic mass is 10.2. The normalized spacial score (nSPS) is 11.5. The number of aromatic nitrogens is 1. The van der Waals surface area contributed by atoms with Crippen molar-refractivity contribution in [1.82, 2.24) is 10.3 Å². The maximum atomic E-state index is 5.63. The molecule has 2 aromatic rings. The van der Waals surface area contributed by atoms with Crippen molar-refractivity contribution < 1.29 is 9.47 Å². The lowest BCUT2D eigenvalue weighted by Gasteiger charge is -2.14. The Labute approximate surface area is 159 Å². The summed E-state index contributed by atoms with van der Waals surface area (Å²) in [6, 6.07) is 5.73. The smallest absolute Gasteiger partial charge is 0.196 e. The Bertz CT molecular complexity index is 728. The molecule has 0 spiro atoms. The summed E-state index contributed by atoms with van der Waals surface area (Å²) >= 11 is 1.69. The molecule has 0 saturated carbocycles. The summed E-state index contributed by atoms with van der Waals surface area (Å²) in [4.78, 5) is 9.27. The highest BCUT2D eigenvalue weighted by atomic mass is 32.1. The van der Waals surface area contributed by atoms with Gasteiger partial charge in [0.25, 0.3) is 0 Å². The molecule has 1 aromatic carbocycles. The topological polar surface area (TPSA) is 67.8 Å². The Kier molecular flexibility index (Phi) is 7.72. The summed E-state index contributed by atoms with van der Waals surface area (Å²) in [7, 11) is 1.63. The number of benzene rings is 1. The summed E-state index contributed by atoms with van der Waals surface area (Å²) in [6.07, 6.45) is 0. The molecular formula is C19H28N4O2S. The van der Waals surface area contributed by atoms with Crippen molar-refractivity contribution in [2.75, 3.05) is 25.6 Å². The third-order valence-corrected chi connectivity index (χ3v) is 4.73. The van der Waals surface area contributed by atoms with E-state index in [9.17, 15) is 0 Å². The van der Waals surface area contributed by atoms with Crippen LogP contribution in [0.1, 0.15) is 44.3 Å². The fraction of sp³-hybridized carbons (Fsp3) is 0.474. The van der Waals surface area contributed by atoms with Crippen molar-refractivity contribution in [1.29, 1.82) is 0 Å². The molecule has 0 radical (unpaired) electrons. The predicted octanol–water partition coefficient (Wildman–Crippen LogP) is 4.25. The number of nitrogens with one attached hydrogen (secondary N) is 2. The summed E-state index contributed by atoms with van der Waals surface area (Å²) in [6.45, 7) is 10.2. The van der Waals surface area contributed by atoms with E-state index >= 15 is 0 Å². The minimum Gasteiger partial charge on any atom is -0.493 e. The predicted molar refractivity (Wildman–Crippen MR) is 109 cm³/mol. The van der Waals surface area contributed by atoms with Gasteiger partial charge in [0.15, 0.2) is 17.5 Å². The molecule has 2 rings (SSSR count). The number of nitrogens with zero attached hydrogens (tertiary/aromatic N) is 2. The van der Waals surface area contributed by atoms with Gasteiger partial charge in [-0.25, -0.2) is 9.98 Å². The lowest BCUT2D eigenvalue weighted by Crippen LogP contribution is -2.30. The summed E-state index contributed by atoms with van der Waals surface area (Å²) < 4.78 is 11.0. The fourth-order valence-corrected chi connectivity index (χ4v) is 3.11. The maximum Gasteiger partial charge on any atom is 0.196 e. The molecule has 2 N–H and O–H groups in total. The van der Waals surface area contributed by atoms with Crippen molar-refractivity contribution in [2.24, 2.45) is 4.99 Å². The van der Waals surface area contributed by atoms with E-state index in [1.807, 2.05) is 32.0 Å². The van der Waals surface area contributed by atoms with Gasteiger partial charge in [0.2, 0.25) is 0 Å². The highest BCUT2D eigenvalue weighted by Gasteiger charge is 2.08. The largest absolute Gasteiger partial charge is 0.493 e. The number of methoxy groups -OCH3 is 1. The Morgan fingerprint density at radius 2 is 2.08 bits per heavy atom. The van der Waals surface area contributed by atoms with E-state index in [4.69, 9.17) is 9.47 Å². The molecule has 0 amide bonds. The third kappa shape index (κ3) is 5.62. The maximum absolute atomic E-state index is 5.63. The first-order valence-electron chi connectivity index (χ1n) is 8.87. The van der Waals surface area contributed by atoms with Crippen molar-refractivity contribution >= 4 is 23.0 Å². The van der Waals surface area contributed by atoms with Crippen LogP contribution in [0, 0.1) is 0 Å². The fourth-order valence-electron chi connectivity index (χ4n) is 2.29. The van der Waals surface area contributed by atoms with Gasteiger partial charge >= 0.3 is 0 Å². The van der Waals surface area contributed by atoms with Crippen LogP contribution in [0.2, 0.25) is 0 Å². The molecule has 1 aromatic heterocycles. The summed E-state index contributed by atoms with van der Waals surface area (Å²) in [5.41, 5.74) is 1.87. The number of hydrogen-bond donors (Lipinski definition) is 2. The van der Waals surface area contributed by atoms with Crippen LogP contribution in [0.3, 0.4) is 0 Å². The number of rotatable bonds is 8. The standard InChI is InChI=1S/C19H28N4O2S/c1-6-20-19(21-11-15-12-26-18(22-15)13(3)4)23-14-8-9-16(24-5)17(10-14)25-7-2/h8-10,12-13H,6-7,11H2,1-5H3,(H2,20,21,23). The molecule has 142 valence electrons. The van der Waals surface area contributed by atoms with Crippen LogP contribution in [0.4, 0.5) is 5.69 Å². The SMILES string of the molecule is CCNC(=NCc1csc(C(C)C)n1)Nc1ccc(OC)c(OCC)c1. The Morgan fingerprint density at radius 1 is 1.27 bits per heavy atom. The van der Waals surface area contributed by atoms with E-state index in [1.165, 1.54) is 0 Å². The van der Waals surface area contributed by atoms with E-state index in [-0.39, 0.29) is 0 Å². The molecule has 0 fully saturated rings. The van der Waals surface area contributed by atoms with Crippen molar-refractivity contribution in [2.45, 2.75) is 40.2 Å². The Balaban J connectivity index is 2.12. The van der Waals surface area contributed by atoms with Gasteiger partial charge in [-0.1, -0.05) is 13.8 Å². The number of anilines is 1. The molecule has 0 aliphatic carbocycles. The summed E-state index contributed by atoms with van der Waals surface area (Å²) in [5.74, 6) is 2.57. The number of aliphatic imine (C=N–C) groups is 1. The number of hydrogen-bond acceptors (Lipinski definition) is 5. The molecule has 0 unspecified atom stereocenters. The van der Waals surface area contributed by atoms with Gasteiger partial charge in [-0.05, 0) is 26.0 Å². The molecule has 0 bridgehead atoms. The Morgan fingerprint density at radius 3 is 2.69 bits per heavy atom. The second kappa shape index (κ2) is 10.0. The van der Waals surface area contributed by atoms with Crippen LogP contribution in [0.15, 0.2) is 28.6 Å². The van der Waals surface area contributed by atoms with E-state index in [1.54, 1.807) is 18.4 Å². The monoisotopic (exact) mass is 376 g/mol. The van der Waals surface area contributed by atoms with Crippen LogP contribution < -0.4 is 20.1 Å². The Hall–Kier alpha value is -2.28. The molecule has 6 nitrogen and oxygen atoms in total. The third-order valence-electron chi connectivity index (χ3n) is 3.53. The highest BCUT2D eigenvalue weighted by Crippen LogP contribution is 2.30. The van der Waals surface area contributed by atoms with Crippen LogP contribution in [-0.2, 0) is 6.54 Å². The number of thiazole rings is 1. The van der Waals surface area contributed by atoms with Crippen molar-refractivity contribution in [3.05, 3.63) is 34.3 Å². The van der Waals surface area contributed by atoms with Gasteiger partial charge in [0.05, 0.1) is 31.0 Å². The van der Waals surface area contributed by atoms with E-state index in [0.717, 1.165) is 22.9 Å². The van der Waals surface area contributed by atoms with Gasteiger partial charge in [-0.3, -0.25) is 0 Å². The van der Waals surface area contributed by atoms with E-state index in [2.05, 4.69) is 39.8 Å². The van der Waals surface area contributed by atoms with Crippen LogP contribution >= 0.6 is 11.3 Å². The highest BCUT2D eigenvalue weighted by molar-refractivity contribution is 7.09. The number of guanidine groups is 1. The zero-order chi connectivity index (χ0) is 18.9. The van der Waals surface area contributed by atoms with Crippen molar-refractivity contribution in [3.8, 4) is 11.5 Å². The van der Waals surface area contributed by atoms with Gasteiger partial charge in [-0.2, -0.15) is 0 Å². The van der Waals surface area contributed by atoms with E-state index < -0.39 is 0 Å². The minimum absolute atomic E-state index is 0.445. The van der Waals surface area contributed by atoms with E-state index in [0.29, 0.717) is 36.5 Å².